The molecule has 1 aliphatic heterocycles. The molecule has 0 aromatic rings. The standard InChI is InChI=1S/C7H12N2O2S/c1-7(2,3)9-5(10)4(8)12-6(9)11/h4H,8H2,1-3H3. The van der Waals surface area contributed by atoms with Gasteiger partial charge < -0.3 is 5.73 Å². The number of nitrogens with zero attached hydrogens (tertiary/aromatic N) is 1. The Labute approximate surface area is 75.5 Å². The fourth-order valence-corrected chi connectivity index (χ4v) is 1.93. The van der Waals surface area contributed by atoms with Gasteiger partial charge in [-0.05, 0) is 32.5 Å². The molecule has 1 rings (SSSR count). The molecule has 5 heteroatoms. The summed E-state index contributed by atoms with van der Waals surface area (Å²) in [6, 6.07) is 0. The molecular weight excluding hydrogens is 176 g/mol. The predicted octanol–water partition coefficient (Wildman–Crippen LogP) is 0.765. The van der Waals surface area contributed by atoms with Crippen molar-refractivity contribution in [3.8, 4) is 0 Å². The van der Waals surface area contributed by atoms with Gasteiger partial charge in [0.25, 0.3) is 11.1 Å². The van der Waals surface area contributed by atoms with Gasteiger partial charge in [-0.25, -0.2) is 0 Å². The Hall–Kier alpha value is -0.550. The van der Waals surface area contributed by atoms with Crippen LogP contribution < -0.4 is 5.73 Å². The molecule has 1 saturated heterocycles. The quantitative estimate of drug-likeness (QED) is 0.609. The number of thioether (sulfide) groups is 1. The van der Waals surface area contributed by atoms with Gasteiger partial charge in [-0.15, -0.1) is 0 Å². The van der Waals surface area contributed by atoms with E-state index in [1.54, 1.807) is 20.8 Å². The van der Waals surface area contributed by atoms with E-state index in [-0.39, 0.29) is 11.1 Å². The van der Waals surface area contributed by atoms with E-state index >= 15 is 0 Å². The summed E-state index contributed by atoms with van der Waals surface area (Å²) >= 11 is 0.879. The summed E-state index contributed by atoms with van der Waals surface area (Å²) < 4.78 is 0. The molecule has 1 unspecified atom stereocenters. The summed E-state index contributed by atoms with van der Waals surface area (Å²) in [5.74, 6) is -0.294. The van der Waals surface area contributed by atoms with Crippen molar-refractivity contribution in [1.29, 1.82) is 0 Å². The molecule has 0 bridgehead atoms. The molecule has 12 heavy (non-hydrogen) atoms. The Morgan fingerprint density at radius 3 is 2.08 bits per heavy atom. The Balaban J connectivity index is 2.92. The fourth-order valence-electron chi connectivity index (χ4n) is 1.03. The van der Waals surface area contributed by atoms with E-state index in [0.717, 1.165) is 11.8 Å². The van der Waals surface area contributed by atoms with Crippen LogP contribution in [0.4, 0.5) is 4.79 Å². The molecular formula is C7H12N2O2S. The van der Waals surface area contributed by atoms with Gasteiger partial charge in [-0.1, -0.05) is 0 Å². The Morgan fingerprint density at radius 2 is 1.92 bits per heavy atom. The number of carbonyl (C=O) groups is 2. The second kappa shape index (κ2) is 2.74. The normalized spacial score (nSPS) is 25.3. The van der Waals surface area contributed by atoms with Crippen molar-refractivity contribution in [2.45, 2.75) is 31.7 Å². The number of hydrogen-bond donors (Lipinski definition) is 1. The van der Waals surface area contributed by atoms with Crippen molar-refractivity contribution >= 4 is 22.9 Å². The summed E-state index contributed by atoms with van der Waals surface area (Å²) in [4.78, 5) is 23.8. The first-order chi connectivity index (χ1) is 5.34. The zero-order valence-corrected chi connectivity index (χ0v) is 8.14. The van der Waals surface area contributed by atoms with Crippen LogP contribution in [-0.4, -0.2) is 27.0 Å². The maximum Gasteiger partial charge on any atom is 0.290 e. The third-order valence-electron chi connectivity index (χ3n) is 1.54. The van der Waals surface area contributed by atoms with Gasteiger partial charge in [0.15, 0.2) is 0 Å². The average molecular weight is 188 g/mol. The summed E-state index contributed by atoms with van der Waals surface area (Å²) in [6.45, 7) is 5.42. The van der Waals surface area contributed by atoms with Crippen LogP contribution in [0.15, 0.2) is 0 Å². The molecule has 1 aliphatic rings. The van der Waals surface area contributed by atoms with Gasteiger partial charge in [0.2, 0.25) is 0 Å². The van der Waals surface area contributed by atoms with E-state index in [2.05, 4.69) is 0 Å². The van der Waals surface area contributed by atoms with Gasteiger partial charge in [-0.3, -0.25) is 14.5 Å². The van der Waals surface area contributed by atoms with Crippen LogP contribution in [-0.2, 0) is 4.79 Å². The lowest BCUT2D eigenvalue weighted by Gasteiger charge is -2.28. The van der Waals surface area contributed by atoms with Crippen LogP contribution in [0, 0.1) is 0 Å². The van der Waals surface area contributed by atoms with Crippen molar-refractivity contribution in [2.24, 2.45) is 5.73 Å². The second-order valence-corrected chi connectivity index (χ2v) is 4.74. The van der Waals surface area contributed by atoms with Crippen LogP contribution >= 0.6 is 11.8 Å². The number of carbonyl (C=O) groups excluding carboxylic acids is 2. The summed E-state index contributed by atoms with van der Waals surface area (Å²) in [5.41, 5.74) is 4.94. The largest absolute Gasteiger partial charge is 0.311 e. The first-order valence-electron chi connectivity index (χ1n) is 3.64. The maximum atomic E-state index is 11.3. The van der Waals surface area contributed by atoms with E-state index in [9.17, 15) is 9.59 Å². The third-order valence-corrected chi connectivity index (χ3v) is 2.38. The van der Waals surface area contributed by atoms with Crippen LogP contribution in [0.5, 0.6) is 0 Å². The van der Waals surface area contributed by atoms with Gasteiger partial charge in [0, 0.05) is 5.54 Å². The average Bonchev–Trinajstić information content (AvgIpc) is 2.05. The molecule has 1 atom stereocenters. The van der Waals surface area contributed by atoms with Crippen LogP contribution in [0.25, 0.3) is 0 Å². The zero-order chi connectivity index (χ0) is 9.52. The highest BCUT2D eigenvalue weighted by Crippen LogP contribution is 2.29. The summed E-state index contributed by atoms with van der Waals surface area (Å²) in [6.07, 6.45) is 0. The number of imide groups is 1. The molecule has 0 aliphatic carbocycles. The van der Waals surface area contributed by atoms with E-state index in [0.29, 0.717) is 0 Å². The van der Waals surface area contributed by atoms with Crippen molar-refractivity contribution in [1.82, 2.24) is 4.90 Å². The molecule has 4 nitrogen and oxygen atoms in total. The summed E-state index contributed by atoms with van der Waals surface area (Å²) in [7, 11) is 0. The Morgan fingerprint density at radius 1 is 1.42 bits per heavy atom. The first kappa shape index (κ1) is 9.54. The number of nitrogens with two attached hydrogens (primary N) is 1. The monoisotopic (exact) mass is 188 g/mol. The zero-order valence-electron chi connectivity index (χ0n) is 7.33. The van der Waals surface area contributed by atoms with Crippen molar-refractivity contribution in [2.75, 3.05) is 0 Å². The molecule has 0 aromatic carbocycles. The summed E-state index contributed by atoms with van der Waals surface area (Å²) in [5, 5.41) is -0.961. The highest BCUT2D eigenvalue weighted by Gasteiger charge is 2.43. The van der Waals surface area contributed by atoms with Gasteiger partial charge in [-0.2, -0.15) is 0 Å². The van der Waals surface area contributed by atoms with Crippen molar-refractivity contribution < 1.29 is 9.59 Å². The van der Waals surface area contributed by atoms with E-state index in [1.807, 2.05) is 0 Å². The second-order valence-electron chi connectivity index (χ2n) is 3.65. The SMILES string of the molecule is CC(C)(C)N1C(=O)SC(N)C1=O. The van der Waals surface area contributed by atoms with Crippen molar-refractivity contribution in [3.63, 3.8) is 0 Å². The number of hydrogen-bond acceptors (Lipinski definition) is 4. The first-order valence-corrected chi connectivity index (χ1v) is 4.52. The molecule has 1 fully saturated rings. The van der Waals surface area contributed by atoms with E-state index in [4.69, 9.17) is 5.73 Å². The molecule has 0 radical (unpaired) electrons. The minimum absolute atomic E-state index is 0.250. The molecule has 2 amide bonds. The molecule has 0 saturated carbocycles. The van der Waals surface area contributed by atoms with E-state index < -0.39 is 10.9 Å². The predicted molar refractivity (Wildman–Crippen MR) is 47.6 cm³/mol. The van der Waals surface area contributed by atoms with E-state index in [1.165, 1.54) is 4.90 Å². The lowest BCUT2D eigenvalue weighted by Crippen LogP contribution is -2.46. The lowest BCUT2D eigenvalue weighted by molar-refractivity contribution is -0.129. The molecule has 1 heterocycles. The van der Waals surface area contributed by atoms with Crippen LogP contribution in [0.3, 0.4) is 0 Å². The Kier molecular flexibility index (Phi) is 2.18. The minimum atomic E-state index is -0.711. The molecule has 2 N–H and O–H groups in total. The Bertz CT molecular complexity index is 234. The van der Waals surface area contributed by atoms with Crippen molar-refractivity contribution in [3.05, 3.63) is 0 Å². The maximum absolute atomic E-state index is 11.3. The highest BCUT2D eigenvalue weighted by atomic mass is 32.2. The third kappa shape index (κ3) is 1.47. The minimum Gasteiger partial charge on any atom is -0.311 e. The van der Waals surface area contributed by atoms with Crippen LogP contribution in [0.1, 0.15) is 20.8 Å². The number of rotatable bonds is 0. The van der Waals surface area contributed by atoms with Crippen LogP contribution in [0.2, 0.25) is 0 Å². The lowest BCUT2D eigenvalue weighted by atomic mass is 10.1. The topological polar surface area (TPSA) is 63.4 Å². The van der Waals surface area contributed by atoms with Gasteiger partial charge >= 0.3 is 0 Å². The molecule has 68 valence electrons. The molecule has 0 aromatic heterocycles. The smallest absolute Gasteiger partial charge is 0.290 e. The highest BCUT2D eigenvalue weighted by molar-refractivity contribution is 8.15. The van der Waals surface area contributed by atoms with Gasteiger partial charge in [0.05, 0.1) is 0 Å². The number of amides is 2. The molecule has 0 spiro atoms. The fraction of sp³-hybridized carbons (Fsp3) is 0.714. The van der Waals surface area contributed by atoms with Gasteiger partial charge in [0.1, 0.15) is 5.37 Å².